The molecule has 7 nitrogen and oxygen atoms in total. The maximum atomic E-state index is 11.4. The Morgan fingerprint density at radius 1 is 1.24 bits per heavy atom. The van der Waals surface area contributed by atoms with E-state index in [1.165, 1.54) is 14.2 Å². The lowest BCUT2D eigenvalue weighted by Crippen LogP contribution is -2.34. The van der Waals surface area contributed by atoms with Crippen LogP contribution in [0.1, 0.15) is 5.56 Å². The summed E-state index contributed by atoms with van der Waals surface area (Å²) in [5, 5.41) is 11.6. The van der Waals surface area contributed by atoms with Crippen molar-refractivity contribution in [3.63, 3.8) is 0 Å². The minimum Gasteiger partial charge on any atom is -0.491 e. The molecule has 110 valence electrons. The molecule has 2 aromatic carbocycles. The molecule has 7 heteroatoms. The summed E-state index contributed by atoms with van der Waals surface area (Å²) in [7, 11) is 2.80. The molecular formula is C14H14N2O5. The van der Waals surface area contributed by atoms with Crippen molar-refractivity contribution in [3.05, 3.63) is 50.3 Å². The molecule has 0 bridgehead atoms. The highest BCUT2D eigenvalue weighted by atomic mass is 16.5. The van der Waals surface area contributed by atoms with Gasteiger partial charge in [0.15, 0.2) is 5.75 Å². The van der Waals surface area contributed by atoms with Gasteiger partial charge in [-0.1, -0.05) is 12.1 Å². The zero-order valence-electron chi connectivity index (χ0n) is 11.5. The van der Waals surface area contributed by atoms with Gasteiger partial charge in [-0.15, -0.1) is 0 Å². The summed E-state index contributed by atoms with van der Waals surface area (Å²) in [6, 6.07) is 6.86. The van der Waals surface area contributed by atoms with Crippen molar-refractivity contribution in [1.82, 2.24) is 4.90 Å². The zero-order chi connectivity index (χ0) is 15.6. The number of hydrogen-bond acceptors (Lipinski definition) is 5. The molecule has 0 aromatic heterocycles. The van der Waals surface area contributed by atoms with Gasteiger partial charge in [0.05, 0.1) is 7.11 Å². The van der Waals surface area contributed by atoms with Crippen LogP contribution in [0.2, 0.25) is 0 Å². The Kier molecular flexibility index (Phi) is 3.93. The standard InChI is InChI=1S/C14H14N2O5/c1-16(14(19)20)7-8-3-5-9(6-4-8)15-10-11(17)12(18)13(10)21-2/h3-6,15H,7H2,1-2H3,(H,19,20). The Labute approximate surface area is 120 Å². The molecule has 0 heterocycles. The summed E-state index contributed by atoms with van der Waals surface area (Å²) in [4.78, 5) is 34.5. The van der Waals surface area contributed by atoms with E-state index in [9.17, 15) is 14.4 Å². The van der Waals surface area contributed by atoms with E-state index in [2.05, 4.69) is 5.32 Å². The molecule has 0 saturated carbocycles. The summed E-state index contributed by atoms with van der Waals surface area (Å²) >= 11 is 0. The molecule has 0 fully saturated rings. The van der Waals surface area contributed by atoms with Crippen molar-refractivity contribution in [2.45, 2.75) is 6.54 Å². The first kappa shape index (κ1) is 14.6. The van der Waals surface area contributed by atoms with Gasteiger partial charge in [0, 0.05) is 19.3 Å². The van der Waals surface area contributed by atoms with E-state index in [0.29, 0.717) is 5.69 Å². The highest BCUT2D eigenvalue weighted by Crippen LogP contribution is 2.22. The van der Waals surface area contributed by atoms with Gasteiger partial charge in [-0.05, 0) is 17.7 Å². The van der Waals surface area contributed by atoms with Gasteiger partial charge in [-0.2, -0.15) is 0 Å². The number of nitrogens with zero attached hydrogens (tertiary/aromatic N) is 1. The molecule has 2 N–H and O–H groups in total. The Morgan fingerprint density at radius 2 is 1.86 bits per heavy atom. The Bertz CT molecular complexity index is 729. The molecule has 1 amide bonds. The molecule has 0 atom stereocenters. The lowest BCUT2D eigenvalue weighted by molar-refractivity contribution is 0.154. The summed E-state index contributed by atoms with van der Waals surface area (Å²) in [5.41, 5.74) is 0.309. The smallest absolute Gasteiger partial charge is 0.407 e. The monoisotopic (exact) mass is 290 g/mol. The summed E-state index contributed by atoms with van der Waals surface area (Å²) in [5.74, 6) is 0.0229. The molecule has 2 rings (SSSR count). The predicted molar refractivity (Wildman–Crippen MR) is 77.1 cm³/mol. The number of nitrogens with one attached hydrogen (secondary N) is 1. The molecule has 0 aliphatic carbocycles. The van der Waals surface area contributed by atoms with E-state index in [4.69, 9.17) is 9.84 Å². The number of amides is 1. The maximum Gasteiger partial charge on any atom is 0.407 e. The fourth-order valence-corrected chi connectivity index (χ4v) is 1.86. The molecular weight excluding hydrogens is 276 g/mol. The van der Waals surface area contributed by atoms with Crippen LogP contribution in [0, 0.1) is 0 Å². The molecule has 21 heavy (non-hydrogen) atoms. The van der Waals surface area contributed by atoms with Crippen molar-refractivity contribution >= 4 is 17.5 Å². The second-order valence-electron chi connectivity index (χ2n) is 4.53. The summed E-state index contributed by atoms with van der Waals surface area (Å²) in [6.07, 6.45) is -1.01. The van der Waals surface area contributed by atoms with Crippen molar-refractivity contribution in [2.24, 2.45) is 0 Å². The quantitative estimate of drug-likeness (QED) is 0.802. The minimum atomic E-state index is -1.01. The highest BCUT2D eigenvalue weighted by molar-refractivity contribution is 5.70. The lowest BCUT2D eigenvalue weighted by atomic mass is 10.1. The lowest BCUT2D eigenvalue weighted by Gasteiger charge is -2.14. The average Bonchev–Trinajstić information content (AvgIpc) is 2.48. The fourth-order valence-electron chi connectivity index (χ4n) is 1.86. The van der Waals surface area contributed by atoms with Crippen molar-refractivity contribution in [1.29, 1.82) is 0 Å². The number of benzene rings is 1. The number of carboxylic acid groups (broad SMARTS) is 1. The number of methoxy groups -OCH3 is 1. The number of hydrogen-bond donors (Lipinski definition) is 2. The highest BCUT2D eigenvalue weighted by Gasteiger charge is 2.21. The van der Waals surface area contributed by atoms with E-state index < -0.39 is 17.0 Å². The van der Waals surface area contributed by atoms with Crippen molar-refractivity contribution < 1.29 is 14.6 Å². The Balaban J connectivity index is 2.10. The van der Waals surface area contributed by atoms with Gasteiger partial charge >= 0.3 is 6.09 Å². The molecule has 0 aliphatic heterocycles. The van der Waals surface area contributed by atoms with Crippen LogP contribution in [0.4, 0.5) is 16.2 Å². The molecule has 0 radical (unpaired) electrons. The van der Waals surface area contributed by atoms with Crippen LogP contribution < -0.4 is 20.9 Å². The van der Waals surface area contributed by atoms with E-state index in [0.717, 1.165) is 10.5 Å². The fraction of sp³-hybridized carbons (Fsp3) is 0.214. The predicted octanol–water partition coefficient (Wildman–Crippen LogP) is 1.14. The Morgan fingerprint density at radius 3 is 2.38 bits per heavy atom. The van der Waals surface area contributed by atoms with E-state index in [-0.39, 0.29) is 18.0 Å². The van der Waals surface area contributed by atoms with Gasteiger partial charge in [0.2, 0.25) is 0 Å². The van der Waals surface area contributed by atoms with Gasteiger partial charge in [-0.3, -0.25) is 9.59 Å². The first-order valence-corrected chi connectivity index (χ1v) is 6.11. The first-order chi connectivity index (χ1) is 9.93. The van der Waals surface area contributed by atoms with E-state index >= 15 is 0 Å². The second kappa shape index (κ2) is 5.66. The summed E-state index contributed by atoms with van der Waals surface area (Å²) < 4.78 is 4.83. The summed E-state index contributed by atoms with van der Waals surface area (Å²) in [6.45, 7) is 0.263. The number of anilines is 2. The van der Waals surface area contributed by atoms with Crippen LogP contribution in [0.3, 0.4) is 0 Å². The van der Waals surface area contributed by atoms with E-state index in [1.54, 1.807) is 24.3 Å². The molecule has 0 unspecified atom stereocenters. The van der Waals surface area contributed by atoms with Crippen LogP contribution in [0.15, 0.2) is 33.9 Å². The average molecular weight is 290 g/mol. The molecule has 0 saturated heterocycles. The topological polar surface area (TPSA) is 95.9 Å². The van der Waals surface area contributed by atoms with Crippen LogP contribution in [0.25, 0.3) is 0 Å². The first-order valence-electron chi connectivity index (χ1n) is 6.11. The third kappa shape index (κ3) is 2.86. The Hall–Kier alpha value is -2.83. The number of ether oxygens (including phenoxy) is 1. The molecule has 2 aromatic rings. The molecule has 0 aliphatic rings. The van der Waals surface area contributed by atoms with E-state index in [1.807, 2.05) is 0 Å². The van der Waals surface area contributed by atoms with Crippen LogP contribution in [-0.4, -0.2) is 30.3 Å². The van der Waals surface area contributed by atoms with Gasteiger partial charge in [0.1, 0.15) is 5.69 Å². The van der Waals surface area contributed by atoms with Crippen LogP contribution >= 0.6 is 0 Å². The largest absolute Gasteiger partial charge is 0.491 e. The number of carbonyl (C=O) groups is 1. The third-order valence-corrected chi connectivity index (χ3v) is 3.04. The maximum absolute atomic E-state index is 11.4. The van der Waals surface area contributed by atoms with Gasteiger partial charge in [-0.25, -0.2) is 4.79 Å². The SMILES string of the molecule is COc1c(Nc2ccc(CN(C)C(=O)O)cc2)c(=O)c1=O. The number of rotatable bonds is 5. The zero-order valence-corrected chi connectivity index (χ0v) is 11.5. The second-order valence-corrected chi connectivity index (χ2v) is 4.53. The third-order valence-electron chi connectivity index (χ3n) is 3.04. The molecule has 0 spiro atoms. The van der Waals surface area contributed by atoms with Crippen molar-refractivity contribution in [2.75, 3.05) is 19.5 Å². The van der Waals surface area contributed by atoms with Crippen LogP contribution in [-0.2, 0) is 6.54 Å². The van der Waals surface area contributed by atoms with Crippen LogP contribution in [0.5, 0.6) is 5.75 Å². The normalized spacial score (nSPS) is 10.4. The minimum absolute atomic E-state index is 0.0229. The van der Waals surface area contributed by atoms with Gasteiger partial charge in [0.25, 0.3) is 10.9 Å². The van der Waals surface area contributed by atoms with Gasteiger partial charge < -0.3 is 20.1 Å². The van der Waals surface area contributed by atoms with Crippen molar-refractivity contribution in [3.8, 4) is 5.75 Å².